The molecular formula is C15H10Cl3N3O2. The summed E-state index contributed by atoms with van der Waals surface area (Å²) in [7, 11) is 0. The fourth-order valence-electron chi connectivity index (χ4n) is 2.33. The zero-order valence-electron chi connectivity index (χ0n) is 11.8. The Balaban J connectivity index is 2.07. The predicted octanol–water partition coefficient (Wildman–Crippen LogP) is 4.52. The van der Waals surface area contributed by atoms with Crippen molar-refractivity contribution in [2.75, 3.05) is 0 Å². The van der Waals surface area contributed by atoms with Gasteiger partial charge >= 0.3 is 5.97 Å². The standard InChI is InChI=1S/C15H10Cl3N3O2/c1-6-4-10(17)19-14-13(6)20-11(21-14)5-8-9(16)3-2-7(12(8)18)15(22)23/h2-4H,5H2,1H3,(H,22,23)(H,19,20,21). The molecule has 1 aromatic carbocycles. The van der Waals surface area contributed by atoms with E-state index in [1.807, 2.05) is 6.92 Å². The molecule has 0 radical (unpaired) electrons. The van der Waals surface area contributed by atoms with Gasteiger partial charge in [0.05, 0.1) is 10.6 Å². The summed E-state index contributed by atoms with van der Waals surface area (Å²) in [6.07, 6.45) is 0.256. The lowest BCUT2D eigenvalue weighted by Gasteiger charge is -2.08. The van der Waals surface area contributed by atoms with Gasteiger partial charge in [-0.2, -0.15) is 0 Å². The summed E-state index contributed by atoms with van der Waals surface area (Å²) in [5.74, 6) is -0.536. The number of rotatable bonds is 3. The number of halogens is 3. The number of imidazole rings is 1. The van der Waals surface area contributed by atoms with Crippen LogP contribution in [0.1, 0.15) is 27.3 Å². The second-order valence-electron chi connectivity index (χ2n) is 5.01. The maximum atomic E-state index is 11.2. The van der Waals surface area contributed by atoms with Gasteiger partial charge < -0.3 is 10.1 Å². The van der Waals surface area contributed by atoms with E-state index in [2.05, 4.69) is 15.0 Å². The number of carboxylic acids is 1. The van der Waals surface area contributed by atoms with Crippen LogP contribution in [0.5, 0.6) is 0 Å². The van der Waals surface area contributed by atoms with E-state index in [1.54, 1.807) is 6.07 Å². The third kappa shape index (κ3) is 3.00. The number of benzene rings is 1. The molecule has 0 amide bonds. The number of carbonyl (C=O) groups is 1. The van der Waals surface area contributed by atoms with Crippen molar-refractivity contribution in [3.05, 3.63) is 55.9 Å². The molecule has 0 unspecified atom stereocenters. The van der Waals surface area contributed by atoms with Gasteiger partial charge in [0, 0.05) is 11.4 Å². The van der Waals surface area contributed by atoms with Crippen LogP contribution in [0.4, 0.5) is 0 Å². The van der Waals surface area contributed by atoms with Crippen molar-refractivity contribution in [1.29, 1.82) is 0 Å². The Morgan fingerprint density at radius 1 is 1.26 bits per heavy atom. The van der Waals surface area contributed by atoms with E-state index in [4.69, 9.17) is 39.9 Å². The van der Waals surface area contributed by atoms with Crippen LogP contribution in [-0.2, 0) is 6.42 Å². The Kier molecular flexibility index (Phi) is 4.19. The second kappa shape index (κ2) is 6.00. The first kappa shape index (κ1) is 16.1. The Morgan fingerprint density at radius 3 is 2.70 bits per heavy atom. The van der Waals surface area contributed by atoms with Crippen LogP contribution in [0, 0.1) is 6.92 Å². The van der Waals surface area contributed by atoms with Crippen molar-refractivity contribution in [3.8, 4) is 0 Å². The minimum Gasteiger partial charge on any atom is -0.478 e. The fraction of sp³-hybridized carbons (Fsp3) is 0.133. The van der Waals surface area contributed by atoms with Crippen molar-refractivity contribution >= 4 is 51.9 Å². The maximum absolute atomic E-state index is 11.2. The topological polar surface area (TPSA) is 78.9 Å². The summed E-state index contributed by atoms with van der Waals surface area (Å²) < 4.78 is 0. The Hall–Kier alpha value is -1.82. The summed E-state index contributed by atoms with van der Waals surface area (Å²) in [5, 5.41) is 10.0. The highest BCUT2D eigenvalue weighted by Gasteiger charge is 2.17. The molecule has 0 spiro atoms. The molecule has 3 rings (SSSR count). The van der Waals surface area contributed by atoms with Crippen molar-refractivity contribution in [1.82, 2.24) is 15.0 Å². The normalized spacial score (nSPS) is 11.1. The predicted molar refractivity (Wildman–Crippen MR) is 89.9 cm³/mol. The quantitative estimate of drug-likeness (QED) is 0.665. The zero-order chi connectivity index (χ0) is 16.7. The van der Waals surface area contributed by atoms with Crippen LogP contribution in [-0.4, -0.2) is 26.0 Å². The van der Waals surface area contributed by atoms with Crippen LogP contribution in [0.2, 0.25) is 15.2 Å². The number of fused-ring (bicyclic) bond motifs is 1. The number of aryl methyl sites for hydroxylation is 1. The molecule has 0 aliphatic rings. The van der Waals surface area contributed by atoms with Gasteiger partial charge in [-0.15, -0.1) is 0 Å². The Morgan fingerprint density at radius 2 is 2.00 bits per heavy atom. The average Bonchev–Trinajstić information content (AvgIpc) is 2.86. The molecule has 2 N–H and O–H groups in total. The largest absolute Gasteiger partial charge is 0.478 e. The van der Waals surface area contributed by atoms with Crippen LogP contribution >= 0.6 is 34.8 Å². The number of hydrogen-bond acceptors (Lipinski definition) is 3. The van der Waals surface area contributed by atoms with Gasteiger partial charge in [-0.3, -0.25) is 0 Å². The number of carboxylic acid groups (broad SMARTS) is 1. The molecule has 8 heteroatoms. The lowest BCUT2D eigenvalue weighted by molar-refractivity contribution is 0.0697. The molecule has 0 saturated carbocycles. The van der Waals surface area contributed by atoms with E-state index in [0.717, 1.165) is 5.56 Å². The van der Waals surface area contributed by atoms with Crippen molar-refractivity contribution in [3.63, 3.8) is 0 Å². The molecule has 2 aromatic heterocycles. The molecule has 2 heterocycles. The minimum absolute atomic E-state index is 0.000437. The van der Waals surface area contributed by atoms with Crippen molar-refractivity contribution in [2.45, 2.75) is 13.3 Å². The first-order chi connectivity index (χ1) is 10.9. The molecule has 0 aliphatic carbocycles. The maximum Gasteiger partial charge on any atom is 0.337 e. The minimum atomic E-state index is -1.11. The van der Waals surface area contributed by atoms with E-state index in [9.17, 15) is 4.79 Å². The highest BCUT2D eigenvalue weighted by Crippen LogP contribution is 2.30. The SMILES string of the molecule is Cc1cc(Cl)nc2[nH]c(Cc3c(Cl)ccc(C(=O)O)c3Cl)nc12. The number of aromatic amines is 1. The van der Waals surface area contributed by atoms with Gasteiger partial charge in [0.25, 0.3) is 0 Å². The molecule has 0 atom stereocenters. The average molecular weight is 371 g/mol. The number of aromatic nitrogens is 3. The lowest BCUT2D eigenvalue weighted by Crippen LogP contribution is -2.02. The first-order valence-corrected chi connectivity index (χ1v) is 7.72. The van der Waals surface area contributed by atoms with Gasteiger partial charge in [-0.25, -0.2) is 14.8 Å². The molecule has 0 fully saturated rings. The van der Waals surface area contributed by atoms with E-state index in [-0.39, 0.29) is 17.0 Å². The van der Waals surface area contributed by atoms with E-state index < -0.39 is 5.97 Å². The summed E-state index contributed by atoms with van der Waals surface area (Å²) in [6, 6.07) is 4.61. The second-order valence-corrected chi connectivity index (χ2v) is 6.18. The summed E-state index contributed by atoms with van der Waals surface area (Å²) in [5.41, 5.74) is 2.65. The van der Waals surface area contributed by atoms with Gasteiger partial charge in [-0.1, -0.05) is 34.8 Å². The van der Waals surface area contributed by atoms with Crippen LogP contribution in [0.3, 0.4) is 0 Å². The molecule has 0 aliphatic heterocycles. The van der Waals surface area contributed by atoms with Crippen LogP contribution in [0.15, 0.2) is 18.2 Å². The summed E-state index contributed by atoms with van der Waals surface area (Å²) in [4.78, 5) is 22.9. The van der Waals surface area contributed by atoms with Crippen molar-refractivity contribution < 1.29 is 9.90 Å². The van der Waals surface area contributed by atoms with Crippen molar-refractivity contribution in [2.24, 2.45) is 0 Å². The van der Waals surface area contributed by atoms with Crippen LogP contribution < -0.4 is 0 Å². The number of pyridine rings is 1. The monoisotopic (exact) mass is 369 g/mol. The zero-order valence-corrected chi connectivity index (χ0v) is 14.1. The molecule has 0 bridgehead atoms. The number of aromatic carboxylic acids is 1. The lowest BCUT2D eigenvalue weighted by atomic mass is 10.1. The van der Waals surface area contributed by atoms with Gasteiger partial charge in [0.1, 0.15) is 16.5 Å². The number of nitrogens with one attached hydrogen (secondary N) is 1. The molecule has 3 aromatic rings. The van der Waals surface area contributed by atoms with Crippen LogP contribution in [0.25, 0.3) is 11.2 Å². The highest BCUT2D eigenvalue weighted by molar-refractivity contribution is 6.38. The molecule has 5 nitrogen and oxygen atoms in total. The Bertz CT molecular complexity index is 937. The molecular weight excluding hydrogens is 361 g/mol. The molecule has 0 saturated heterocycles. The molecule has 118 valence electrons. The van der Waals surface area contributed by atoms with Gasteiger partial charge in [0.2, 0.25) is 0 Å². The smallest absolute Gasteiger partial charge is 0.337 e. The molecule has 23 heavy (non-hydrogen) atoms. The number of H-pyrrole nitrogens is 1. The summed E-state index contributed by atoms with van der Waals surface area (Å²) in [6.45, 7) is 1.88. The van der Waals surface area contributed by atoms with Gasteiger partial charge in [0.15, 0.2) is 5.65 Å². The third-order valence-corrected chi connectivity index (χ3v) is 4.40. The first-order valence-electron chi connectivity index (χ1n) is 6.58. The number of nitrogens with zero attached hydrogens (tertiary/aromatic N) is 2. The van der Waals surface area contributed by atoms with Gasteiger partial charge in [-0.05, 0) is 36.2 Å². The summed E-state index contributed by atoms with van der Waals surface area (Å²) >= 11 is 18.3. The van der Waals surface area contributed by atoms with E-state index in [1.165, 1.54) is 12.1 Å². The van der Waals surface area contributed by atoms with E-state index >= 15 is 0 Å². The number of hydrogen-bond donors (Lipinski definition) is 2. The third-order valence-electron chi connectivity index (χ3n) is 3.42. The highest BCUT2D eigenvalue weighted by atomic mass is 35.5. The fourth-order valence-corrected chi connectivity index (χ4v) is 3.16. The van der Waals surface area contributed by atoms with E-state index in [0.29, 0.717) is 32.7 Å². The Labute approximate surface area is 146 Å².